The molecule has 0 fully saturated rings. The van der Waals surface area contributed by atoms with E-state index in [4.69, 9.17) is 11.6 Å². The number of benzene rings is 2. The first-order chi connectivity index (χ1) is 11.9. The third kappa shape index (κ3) is 3.42. The van der Waals surface area contributed by atoms with Gasteiger partial charge in [-0.2, -0.15) is 5.10 Å². The molecule has 1 amide bonds. The highest BCUT2D eigenvalue weighted by atomic mass is 35.5. The maximum atomic E-state index is 13.1. The molecule has 3 rings (SSSR count). The van der Waals surface area contributed by atoms with Crippen LogP contribution in [0.5, 0.6) is 0 Å². The van der Waals surface area contributed by atoms with Crippen LogP contribution >= 0.6 is 11.6 Å². The molecule has 0 aliphatic carbocycles. The molecule has 4 nitrogen and oxygen atoms in total. The van der Waals surface area contributed by atoms with Crippen LogP contribution in [-0.4, -0.2) is 15.7 Å². The Hall–Kier alpha value is -2.66. The third-order valence-electron chi connectivity index (χ3n) is 4.07. The number of amides is 1. The topological polar surface area (TPSA) is 46.9 Å². The molecule has 0 atom stereocenters. The number of anilines is 1. The highest BCUT2D eigenvalue weighted by Gasteiger charge is 2.21. The van der Waals surface area contributed by atoms with Gasteiger partial charge in [-0.25, -0.2) is 9.07 Å². The Morgan fingerprint density at radius 3 is 2.40 bits per heavy atom. The molecule has 0 spiro atoms. The predicted molar refractivity (Wildman–Crippen MR) is 97.1 cm³/mol. The number of nitrogens with zero attached hydrogens (tertiary/aromatic N) is 2. The Balaban J connectivity index is 1.93. The van der Waals surface area contributed by atoms with E-state index < -0.39 is 0 Å². The maximum absolute atomic E-state index is 13.1. The van der Waals surface area contributed by atoms with Crippen molar-refractivity contribution < 1.29 is 9.18 Å². The van der Waals surface area contributed by atoms with Gasteiger partial charge in [0.15, 0.2) is 0 Å². The Labute approximate surface area is 150 Å². The average molecular weight is 358 g/mol. The summed E-state index contributed by atoms with van der Waals surface area (Å²) in [5.41, 5.74) is 4.30. The van der Waals surface area contributed by atoms with Crippen molar-refractivity contribution in [3.05, 3.63) is 75.8 Å². The van der Waals surface area contributed by atoms with Crippen molar-refractivity contribution >= 4 is 23.2 Å². The molecule has 0 saturated heterocycles. The third-order valence-corrected chi connectivity index (χ3v) is 4.42. The molecule has 0 bridgehead atoms. The largest absolute Gasteiger partial charge is 0.322 e. The van der Waals surface area contributed by atoms with Crippen LogP contribution in [0.4, 0.5) is 10.1 Å². The number of halogens is 2. The highest BCUT2D eigenvalue weighted by Crippen LogP contribution is 2.25. The normalized spacial score (nSPS) is 10.8. The molecule has 0 unspecified atom stereocenters. The molecule has 1 N–H and O–H groups in total. The van der Waals surface area contributed by atoms with Crippen molar-refractivity contribution in [3.63, 3.8) is 0 Å². The molecule has 128 valence electrons. The van der Waals surface area contributed by atoms with Gasteiger partial charge in [-0.05, 0) is 68.3 Å². The van der Waals surface area contributed by atoms with Gasteiger partial charge < -0.3 is 5.32 Å². The van der Waals surface area contributed by atoms with E-state index in [0.29, 0.717) is 22.6 Å². The maximum Gasteiger partial charge on any atom is 0.260 e. The fourth-order valence-corrected chi connectivity index (χ4v) is 2.88. The van der Waals surface area contributed by atoms with Gasteiger partial charge in [0.2, 0.25) is 0 Å². The van der Waals surface area contributed by atoms with Gasteiger partial charge in [-0.15, -0.1) is 0 Å². The number of nitrogens with one attached hydrogen (secondary N) is 1. The first-order valence-corrected chi connectivity index (χ1v) is 8.14. The standard InChI is InChI=1S/C19H17ClFN3O/c1-11-4-7-15(10-12(11)2)22-19(25)17-13(3)23-24(18(17)20)16-8-5-14(21)6-9-16/h4-10H,1-3H3,(H,22,25). The Kier molecular flexibility index (Phi) is 4.59. The van der Waals surface area contributed by atoms with Crippen LogP contribution in [0.3, 0.4) is 0 Å². The van der Waals surface area contributed by atoms with Crippen molar-refractivity contribution in [3.8, 4) is 5.69 Å². The van der Waals surface area contributed by atoms with E-state index in [1.807, 2.05) is 32.0 Å². The molecule has 2 aromatic carbocycles. The first-order valence-electron chi connectivity index (χ1n) is 7.76. The van der Waals surface area contributed by atoms with Crippen LogP contribution in [0, 0.1) is 26.6 Å². The van der Waals surface area contributed by atoms with E-state index >= 15 is 0 Å². The van der Waals surface area contributed by atoms with Crippen LogP contribution in [0.25, 0.3) is 5.69 Å². The van der Waals surface area contributed by atoms with Gasteiger partial charge in [-0.3, -0.25) is 4.79 Å². The molecule has 0 saturated carbocycles. The molecule has 1 heterocycles. The lowest BCUT2D eigenvalue weighted by atomic mass is 10.1. The Morgan fingerprint density at radius 2 is 1.76 bits per heavy atom. The van der Waals surface area contributed by atoms with Crippen LogP contribution < -0.4 is 5.32 Å². The molecule has 0 aliphatic heterocycles. The Bertz CT molecular complexity index is 948. The van der Waals surface area contributed by atoms with Gasteiger partial charge in [-0.1, -0.05) is 17.7 Å². The van der Waals surface area contributed by atoms with E-state index in [0.717, 1.165) is 11.1 Å². The summed E-state index contributed by atoms with van der Waals surface area (Å²) >= 11 is 6.37. The zero-order chi connectivity index (χ0) is 18.1. The van der Waals surface area contributed by atoms with E-state index in [1.165, 1.54) is 16.8 Å². The minimum atomic E-state index is -0.351. The van der Waals surface area contributed by atoms with Gasteiger partial charge in [0.1, 0.15) is 16.5 Å². The monoisotopic (exact) mass is 357 g/mol. The first kappa shape index (κ1) is 17.2. The summed E-state index contributed by atoms with van der Waals surface area (Å²) in [5.74, 6) is -0.685. The van der Waals surface area contributed by atoms with Gasteiger partial charge in [0.25, 0.3) is 5.91 Å². The van der Waals surface area contributed by atoms with E-state index in [1.54, 1.807) is 19.1 Å². The zero-order valence-corrected chi connectivity index (χ0v) is 14.9. The second-order valence-corrected chi connectivity index (χ2v) is 6.25. The van der Waals surface area contributed by atoms with Crippen molar-refractivity contribution in [1.82, 2.24) is 9.78 Å². The van der Waals surface area contributed by atoms with Crippen LogP contribution in [0.15, 0.2) is 42.5 Å². The molecule has 6 heteroatoms. The van der Waals surface area contributed by atoms with Crippen molar-refractivity contribution in [1.29, 1.82) is 0 Å². The van der Waals surface area contributed by atoms with E-state index in [9.17, 15) is 9.18 Å². The van der Waals surface area contributed by atoms with Gasteiger partial charge >= 0.3 is 0 Å². The number of hydrogen-bond acceptors (Lipinski definition) is 2. The lowest BCUT2D eigenvalue weighted by Gasteiger charge is -2.08. The molecular formula is C19H17ClFN3O. The highest BCUT2D eigenvalue weighted by molar-refractivity contribution is 6.34. The summed E-state index contributed by atoms with van der Waals surface area (Å²) in [6.07, 6.45) is 0. The summed E-state index contributed by atoms with van der Waals surface area (Å²) in [7, 11) is 0. The van der Waals surface area contributed by atoms with Crippen molar-refractivity contribution in [2.75, 3.05) is 5.32 Å². The van der Waals surface area contributed by atoms with Crippen molar-refractivity contribution in [2.24, 2.45) is 0 Å². The number of carbonyl (C=O) groups excluding carboxylic acids is 1. The van der Waals surface area contributed by atoms with Crippen LogP contribution in [0.2, 0.25) is 5.15 Å². The summed E-state index contributed by atoms with van der Waals surface area (Å²) < 4.78 is 14.5. The molecule has 0 aliphatic rings. The Morgan fingerprint density at radius 1 is 1.08 bits per heavy atom. The fourth-order valence-electron chi connectivity index (χ4n) is 2.52. The average Bonchev–Trinajstić information content (AvgIpc) is 2.86. The van der Waals surface area contributed by atoms with Crippen molar-refractivity contribution in [2.45, 2.75) is 20.8 Å². The molecule has 1 aromatic heterocycles. The second-order valence-electron chi connectivity index (χ2n) is 5.89. The van der Waals surface area contributed by atoms with Gasteiger partial charge in [0.05, 0.1) is 11.4 Å². The molecule has 0 radical (unpaired) electrons. The number of rotatable bonds is 3. The summed E-state index contributed by atoms with van der Waals surface area (Å²) in [6.45, 7) is 5.70. The van der Waals surface area contributed by atoms with Gasteiger partial charge in [0, 0.05) is 5.69 Å². The smallest absolute Gasteiger partial charge is 0.260 e. The minimum Gasteiger partial charge on any atom is -0.322 e. The molecule has 25 heavy (non-hydrogen) atoms. The zero-order valence-electron chi connectivity index (χ0n) is 14.1. The quantitative estimate of drug-likeness (QED) is 0.728. The van der Waals surface area contributed by atoms with Crippen LogP contribution in [-0.2, 0) is 0 Å². The number of carbonyl (C=O) groups is 1. The summed E-state index contributed by atoms with van der Waals surface area (Å²) in [6, 6.07) is 11.4. The summed E-state index contributed by atoms with van der Waals surface area (Å²) in [4.78, 5) is 12.6. The van der Waals surface area contributed by atoms with Crippen LogP contribution in [0.1, 0.15) is 27.2 Å². The minimum absolute atomic E-state index is 0.186. The van der Waals surface area contributed by atoms with E-state index in [2.05, 4.69) is 10.4 Å². The lowest BCUT2D eigenvalue weighted by Crippen LogP contribution is -2.13. The SMILES string of the molecule is Cc1ccc(NC(=O)c2c(C)nn(-c3ccc(F)cc3)c2Cl)cc1C. The van der Waals surface area contributed by atoms with E-state index in [-0.39, 0.29) is 16.9 Å². The summed E-state index contributed by atoms with van der Waals surface area (Å²) in [5, 5.41) is 7.34. The fraction of sp³-hybridized carbons (Fsp3) is 0.158. The number of aromatic nitrogens is 2. The lowest BCUT2D eigenvalue weighted by molar-refractivity contribution is 0.102. The second kappa shape index (κ2) is 6.69. The molecule has 3 aromatic rings. The number of aryl methyl sites for hydroxylation is 3. The predicted octanol–water partition coefficient (Wildman–Crippen LogP) is 4.84. The molecular weight excluding hydrogens is 341 g/mol. The number of hydrogen-bond donors (Lipinski definition) is 1.